The summed E-state index contributed by atoms with van der Waals surface area (Å²) in [6, 6.07) is 7.54. The zero-order valence-electron chi connectivity index (χ0n) is 12.7. The molecule has 1 unspecified atom stereocenters. The maximum absolute atomic E-state index is 10.9. The van der Waals surface area contributed by atoms with Gasteiger partial charge in [0.2, 0.25) is 0 Å². The molecule has 118 valence electrons. The van der Waals surface area contributed by atoms with Crippen LogP contribution in [0, 0.1) is 0 Å². The molecule has 0 radical (unpaired) electrons. The van der Waals surface area contributed by atoms with Gasteiger partial charge in [0.05, 0.1) is 19.8 Å². The van der Waals surface area contributed by atoms with Crippen LogP contribution >= 0.6 is 0 Å². The number of carbonyl (C=O) groups excluding carboxylic acids is 1. The highest BCUT2D eigenvalue weighted by molar-refractivity contribution is 5.75. The smallest absolute Gasteiger partial charge is 0.130 e. The SMILES string of the molecule is COCCOCC(O)COc1ccc(CCC(C)=O)cc1. The molecular formula is C16H24O5. The average molecular weight is 296 g/mol. The van der Waals surface area contributed by atoms with Gasteiger partial charge in [-0.25, -0.2) is 0 Å². The van der Waals surface area contributed by atoms with Gasteiger partial charge in [-0.3, -0.25) is 0 Å². The molecule has 5 nitrogen and oxygen atoms in total. The Morgan fingerprint density at radius 2 is 1.90 bits per heavy atom. The standard InChI is InChI=1S/C16H24O5/c1-13(17)3-4-14-5-7-16(8-6-14)21-12-15(18)11-20-10-9-19-2/h5-8,15,18H,3-4,9-12H2,1-2H3. The molecule has 0 saturated carbocycles. The van der Waals surface area contributed by atoms with Crippen molar-refractivity contribution in [3.8, 4) is 5.75 Å². The summed E-state index contributed by atoms with van der Waals surface area (Å²) in [5.74, 6) is 0.879. The Kier molecular flexibility index (Phi) is 8.66. The lowest BCUT2D eigenvalue weighted by Gasteiger charge is -2.13. The van der Waals surface area contributed by atoms with Gasteiger partial charge in [0.25, 0.3) is 0 Å². The van der Waals surface area contributed by atoms with Crippen molar-refractivity contribution in [3.05, 3.63) is 29.8 Å². The molecule has 0 amide bonds. The van der Waals surface area contributed by atoms with Gasteiger partial charge in [0.1, 0.15) is 24.2 Å². The number of ether oxygens (including phenoxy) is 3. The first-order valence-corrected chi connectivity index (χ1v) is 7.07. The number of hydrogen-bond acceptors (Lipinski definition) is 5. The number of aliphatic hydroxyl groups is 1. The number of aryl methyl sites for hydroxylation is 1. The number of aliphatic hydroxyl groups excluding tert-OH is 1. The summed E-state index contributed by atoms with van der Waals surface area (Å²) >= 11 is 0. The molecule has 21 heavy (non-hydrogen) atoms. The molecule has 0 bridgehead atoms. The molecule has 0 heterocycles. The van der Waals surface area contributed by atoms with E-state index < -0.39 is 6.10 Å². The highest BCUT2D eigenvalue weighted by Crippen LogP contribution is 2.13. The van der Waals surface area contributed by atoms with Crippen molar-refractivity contribution in [3.63, 3.8) is 0 Å². The quantitative estimate of drug-likeness (QED) is 0.629. The molecule has 0 aliphatic heterocycles. The third kappa shape index (κ3) is 8.45. The van der Waals surface area contributed by atoms with E-state index in [1.54, 1.807) is 14.0 Å². The molecule has 1 atom stereocenters. The van der Waals surface area contributed by atoms with E-state index in [2.05, 4.69) is 0 Å². The van der Waals surface area contributed by atoms with Gasteiger partial charge in [-0.1, -0.05) is 12.1 Å². The summed E-state index contributed by atoms with van der Waals surface area (Å²) in [7, 11) is 1.60. The molecule has 1 N–H and O–H groups in total. The van der Waals surface area contributed by atoms with E-state index in [4.69, 9.17) is 14.2 Å². The van der Waals surface area contributed by atoms with Crippen molar-refractivity contribution in [1.29, 1.82) is 0 Å². The van der Waals surface area contributed by atoms with Crippen molar-refractivity contribution in [2.24, 2.45) is 0 Å². The number of rotatable bonds is 11. The number of benzene rings is 1. The average Bonchev–Trinajstić information content (AvgIpc) is 2.48. The van der Waals surface area contributed by atoms with Gasteiger partial charge in [0, 0.05) is 13.5 Å². The Bertz CT molecular complexity index is 402. The van der Waals surface area contributed by atoms with Crippen molar-refractivity contribution in [2.45, 2.75) is 25.9 Å². The predicted octanol–water partition coefficient (Wildman–Crippen LogP) is 1.61. The largest absolute Gasteiger partial charge is 0.491 e. The zero-order chi connectivity index (χ0) is 15.5. The summed E-state index contributed by atoms with van der Waals surface area (Å²) in [4.78, 5) is 10.9. The lowest BCUT2D eigenvalue weighted by Crippen LogP contribution is -2.24. The molecule has 0 aliphatic rings. The minimum absolute atomic E-state index is 0.180. The molecule has 5 heteroatoms. The van der Waals surface area contributed by atoms with Crippen LogP contribution in [0.5, 0.6) is 5.75 Å². The first-order valence-electron chi connectivity index (χ1n) is 7.07. The van der Waals surface area contributed by atoms with Gasteiger partial charge in [-0.05, 0) is 31.0 Å². The Morgan fingerprint density at radius 1 is 1.19 bits per heavy atom. The van der Waals surface area contributed by atoms with E-state index in [1.807, 2.05) is 24.3 Å². The first-order chi connectivity index (χ1) is 10.1. The highest BCUT2D eigenvalue weighted by atomic mass is 16.5. The Hall–Kier alpha value is -1.43. The summed E-state index contributed by atoms with van der Waals surface area (Å²) in [5.41, 5.74) is 1.10. The Labute approximate surface area is 125 Å². The zero-order valence-corrected chi connectivity index (χ0v) is 12.7. The second-order valence-electron chi connectivity index (χ2n) is 4.88. The fourth-order valence-corrected chi connectivity index (χ4v) is 1.67. The van der Waals surface area contributed by atoms with E-state index in [-0.39, 0.29) is 19.0 Å². The fourth-order valence-electron chi connectivity index (χ4n) is 1.67. The van der Waals surface area contributed by atoms with E-state index in [1.165, 1.54) is 0 Å². The molecule has 1 rings (SSSR count). The topological polar surface area (TPSA) is 65.0 Å². The van der Waals surface area contributed by atoms with Crippen molar-refractivity contribution >= 4 is 5.78 Å². The highest BCUT2D eigenvalue weighted by Gasteiger charge is 2.05. The van der Waals surface area contributed by atoms with E-state index in [0.29, 0.717) is 25.4 Å². The van der Waals surface area contributed by atoms with Gasteiger partial charge in [0.15, 0.2) is 0 Å². The van der Waals surface area contributed by atoms with Crippen LogP contribution in [0.1, 0.15) is 18.9 Å². The summed E-state index contributed by atoms with van der Waals surface area (Å²) in [6.07, 6.45) is 0.628. The van der Waals surface area contributed by atoms with Gasteiger partial charge < -0.3 is 24.1 Å². The van der Waals surface area contributed by atoms with Crippen LogP contribution in [0.3, 0.4) is 0 Å². The number of hydrogen-bond donors (Lipinski definition) is 1. The molecule has 1 aromatic carbocycles. The van der Waals surface area contributed by atoms with E-state index in [9.17, 15) is 9.90 Å². The third-order valence-corrected chi connectivity index (χ3v) is 2.87. The van der Waals surface area contributed by atoms with E-state index >= 15 is 0 Å². The lowest BCUT2D eigenvalue weighted by atomic mass is 10.1. The molecule has 0 aliphatic carbocycles. The number of Topliss-reactive ketones (excluding diaryl/α,β-unsaturated/α-hetero) is 1. The van der Waals surface area contributed by atoms with Crippen molar-refractivity contribution < 1.29 is 24.1 Å². The van der Waals surface area contributed by atoms with Crippen LogP contribution in [-0.4, -0.2) is 50.5 Å². The van der Waals surface area contributed by atoms with Gasteiger partial charge in [-0.15, -0.1) is 0 Å². The van der Waals surface area contributed by atoms with Crippen molar-refractivity contribution in [2.75, 3.05) is 33.5 Å². The molecule has 0 saturated heterocycles. The first kappa shape index (κ1) is 17.6. The molecule has 0 fully saturated rings. The summed E-state index contributed by atoms with van der Waals surface area (Å²) < 4.78 is 15.5. The maximum atomic E-state index is 10.9. The lowest BCUT2D eigenvalue weighted by molar-refractivity contribution is -0.116. The van der Waals surface area contributed by atoms with Crippen LogP contribution in [0.4, 0.5) is 0 Å². The van der Waals surface area contributed by atoms with Crippen LogP contribution in [0.2, 0.25) is 0 Å². The number of ketones is 1. The van der Waals surface area contributed by atoms with Gasteiger partial charge >= 0.3 is 0 Å². The summed E-state index contributed by atoms with van der Waals surface area (Å²) in [5, 5.41) is 9.68. The Morgan fingerprint density at radius 3 is 2.52 bits per heavy atom. The van der Waals surface area contributed by atoms with Crippen LogP contribution < -0.4 is 4.74 Å². The molecule has 0 spiro atoms. The molecule has 1 aromatic rings. The number of carbonyl (C=O) groups is 1. The van der Waals surface area contributed by atoms with Crippen LogP contribution in [0.25, 0.3) is 0 Å². The second-order valence-corrected chi connectivity index (χ2v) is 4.88. The van der Waals surface area contributed by atoms with Crippen molar-refractivity contribution in [1.82, 2.24) is 0 Å². The van der Waals surface area contributed by atoms with E-state index in [0.717, 1.165) is 12.0 Å². The minimum atomic E-state index is -0.667. The Balaban J connectivity index is 2.24. The van der Waals surface area contributed by atoms with Gasteiger partial charge in [-0.2, -0.15) is 0 Å². The summed E-state index contributed by atoms with van der Waals surface area (Å²) in [6.45, 7) is 2.96. The number of methoxy groups -OCH3 is 1. The molecule has 0 aromatic heterocycles. The van der Waals surface area contributed by atoms with Crippen LogP contribution in [-0.2, 0) is 20.7 Å². The fraction of sp³-hybridized carbons (Fsp3) is 0.562. The third-order valence-electron chi connectivity index (χ3n) is 2.87. The minimum Gasteiger partial charge on any atom is -0.491 e. The molecular weight excluding hydrogens is 272 g/mol. The predicted molar refractivity (Wildman–Crippen MR) is 79.6 cm³/mol. The maximum Gasteiger partial charge on any atom is 0.130 e. The monoisotopic (exact) mass is 296 g/mol. The second kappa shape index (κ2) is 10.3. The van der Waals surface area contributed by atoms with Crippen LogP contribution in [0.15, 0.2) is 24.3 Å². The normalized spacial score (nSPS) is 12.1.